The molecule has 3 aliphatic rings. The molecule has 0 aromatic carbocycles. The molecule has 22 heavy (non-hydrogen) atoms. The Morgan fingerprint density at radius 2 is 2.05 bits per heavy atom. The molecule has 5 rings (SSSR count). The summed E-state index contributed by atoms with van der Waals surface area (Å²) in [5.74, 6) is -1.11. The lowest BCUT2D eigenvalue weighted by atomic mass is 9.45. The van der Waals surface area contributed by atoms with Crippen molar-refractivity contribution in [1.29, 1.82) is 0 Å². The van der Waals surface area contributed by atoms with Crippen molar-refractivity contribution in [2.75, 3.05) is 0 Å². The monoisotopic (exact) mass is 293 g/mol. The molecule has 0 saturated heterocycles. The molecule has 4 heteroatoms. The van der Waals surface area contributed by atoms with Crippen LogP contribution in [0.1, 0.15) is 43.4 Å². The van der Waals surface area contributed by atoms with Crippen molar-refractivity contribution in [3.8, 4) is 11.4 Å². The minimum Gasteiger partial charge on any atom is -0.549 e. The van der Waals surface area contributed by atoms with Gasteiger partial charge in [-0.1, -0.05) is 26.0 Å². The van der Waals surface area contributed by atoms with Crippen molar-refractivity contribution >= 4 is 5.97 Å². The van der Waals surface area contributed by atoms with Crippen molar-refractivity contribution in [2.24, 2.45) is 11.3 Å². The normalized spacial score (nSPS) is 27.6. The van der Waals surface area contributed by atoms with Crippen LogP contribution in [0.15, 0.2) is 36.5 Å². The van der Waals surface area contributed by atoms with Gasteiger partial charge in [0, 0.05) is 12.1 Å². The molecule has 0 amide bonds. The molecule has 2 heterocycles. The Morgan fingerprint density at radius 3 is 2.68 bits per heavy atom. The van der Waals surface area contributed by atoms with Gasteiger partial charge in [-0.3, -0.25) is 9.97 Å². The van der Waals surface area contributed by atoms with Gasteiger partial charge in [-0.2, -0.15) is 0 Å². The van der Waals surface area contributed by atoms with Crippen LogP contribution in [0.3, 0.4) is 0 Å². The van der Waals surface area contributed by atoms with Gasteiger partial charge in [-0.25, -0.2) is 0 Å². The van der Waals surface area contributed by atoms with E-state index in [1.165, 1.54) is 0 Å². The number of carbonyl (C=O) groups excluding carboxylic acids is 1. The molecule has 0 unspecified atom stereocenters. The largest absolute Gasteiger partial charge is 0.549 e. The smallest absolute Gasteiger partial charge is 0.0889 e. The Kier molecular flexibility index (Phi) is 2.68. The third-order valence-electron chi connectivity index (χ3n) is 5.55. The van der Waals surface area contributed by atoms with Crippen LogP contribution in [0, 0.1) is 11.3 Å². The molecule has 1 saturated carbocycles. The number of carboxylic acid groups (broad SMARTS) is 1. The Hall–Kier alpha value is -2.23. The molecule has 2 aromatic rings. The minimum absolute atomic E-state index is 0.00588. The zero-order valence-corrected chi connectivity index (χ0v) is 12.6. The highest BCUT2D eigenvalue weighted by molar-refractivity contribution is 5.77. The Balaban J connectivity index is 1.87. The van der Waals surface area contributed by atoms with E-state index in [4.69, 9.17) is 0 Å². The highest BCUT2D eigenvalue weighted by atomic mass is 16.4. The summed E-state index contributed by atoms with van der Waals surface area (Å²) in [6.45, 7) is 4.30. The maximum absolute atomic E-state index is 11.7. The average molecular weight is 293 g/mol. The fraction of sp³-hybridized carbons (Fsp3) is 0.389. The predicted molar refractivity (Wildman–Crippen MR) is 79.8 cm³/mol. The third kappa shape index (κ3) is 1.67. The Morgan fingerprint density at radius 1 is 1.23 bits per heavy atom. The topological polar surface area (TPSA) is 65.9 Å². The first-order valence-corrected chi connectivity index (χ1v) is 7.63. The van der Waals surface area contributed by atoms with E-state index < -0.39 is 11.9 Å². The molecule has 0 aliphatic heterocycles. The fourth-order valence-electron chi connectivity index (χ4n) is 4.21. The summed E-state index contributed by atoms with van der Waals surface area (Å²) in [4.78, 5) is 20.7. The summed E-state index contributed by atoms with van der Waals surface area (Å²) in [5, 5.41) is 11.7. The second-order valence-corrected chi connectivity index (χ2v) is 6.90. The standard InChI is InChI=1S/C18H18N2O2/c1-18(2)11-9-12(18)15(17(21)22)16-10(11)6-7-14(20-16)13-5-3-4-8-19-13/h3-8,11-12,15H,9H2,1-2H3,(H,21,22)/p-1/t11-,12+,15-/m0/s1. The van der Waals surface area contributed by atoms with Crippen molar-refractivity contribution < 1.29 is 9.90 Å². The van der Waals surface area contributed by atoms with Crippen molar-refractivity contribution in [3.05, 3.63) is 47.8 Å². The van der Waals surface area contributed by atoms with Crippen molar-refractivity contribution in [1.82, 2.24) is 9.97 Å². The van der Waals surface area contributed by atoms with Gasteiger partial charge in [-0.05, 0) is 47.4 Å². The number of aliphatic carboxylic acids is 1. The third-order valence-corrected chi connectivity index (χ3v) is 5.55. The quantitative estimate of drug-likeness (QED) is 0.850. The number of hydrogen-bond donors (Lipinski definition) is 0. The summed E-state index contributed by atoms with van der Waals surface area (Å²) in [6, 6.07) is 9.62. The summed E-state index contributed by atoms with van der Waals surface area (Å²) in [5.41, 5.74) is 3.25. The van der Waals surface area contributed by atoms with E-state index in [1.54, 1.807) is 6.20 Å². The Bertz CT molecular complexity index is 755. The van der Waals surface area contributed by atoms with Crippen LogP contribution in [0.4, 0.5) is 0 Å². The predicted octanol–water partition coefficient (Wildman–Crippen LogP) is 2.12. The first kappa shape index (κ1) is 13.4. The van der Waals surface area contributed by atoms with Gasteiger partial charge in [-0.15, -0.1) is 0 Å². The van der Waals surface area contributed by atoms with Crippen LogP contribution in [0.25, 0.3) is 11.4 Å². The van der Waals surface area contributed by atoms with E-state index in [0.29, 0.717) is 11.6 Å². The molecular weight excluding hydrogens is 276 g/mol. The summed E-state index contributed by atoms with van der Waals surface area (Å²) in [7, 11) is 0. The van der Waals surface area contributed by atoms with Crippen molar-refractivity contribution in [2.45, 2.75) is 32.1 Å². The first-order valence-electron chi connectivity index (χ1n) is 7.63. The van der Waals surface area contributed by atoms with Crippen LogP contribution in [0.2, 0.25) is 0 Å². The molecular formula is C18H17N2O2-. The lowest BCUT2D eigenvalue weighted by molar-refractivity contribution is -0.312. The number of carbonyl (C=O) groups is 1. The van der Waals surface area contributed by atoms with Gasteiger partial charge in [0.05, 0.1) is 23.1 Å². The van der Waals surface area contributed by atoms with Gasteiger partial charge < -0.3 is 9.90 Å². The summed E-state index contributed by atoms with van der Waals surface area (Å²) >= 11 is 0. The number of rotatable bonds is 2. The average Bonchev–Trinajstić information content (AvgIpc) is 2.53. The summed E-state index contributed by atoms with van der Waals surface area (Å²) in [6.07, 6.45) is 2.64. The fourth-order valence-corrected chi connectivity index (χ4v) is 4.21. The zero-order chi connectivity index (χ0) is 15.5. The Labute approximate surface area is 129 Å². The van der Waals surface area contributed by atoms with E-state index in [9.17, 15) is 9.90 Å². The molecule has 0 spiro atoms. The molecule has 112 valence electrons. The van der Waals surface area contributed by atoms with Crippen LogP contribution < -0.4 is 5.11 Å². The van der Waals surface area contributed by atoms with Gasteiger partial charge in [0.2, 0.25) is 0 Å². The van der Waals surface area contributed by atoms with Crippen molar-refractivity contribution in [3.63, 3.8) is 0 Å². The SMILES string of the molecule is CC1(C)[C@@H]2C[C@H]1c1ccc(-c3ccccn3)nc1[C@H]2C(=O)[O-]. The number of nitrogens with zero attached hydrogens (tertiary/aromatic N) is 2. The second-order valence-electron chi connectivity index (χ2n) is 6.90. The molecule has 3 atom stereocenters. The van der Waals surface area contributed by atoms with Gasteiger partial charge >= 0.3 is 0 Å². The molecule has 0 N–H and O–H groups in total. The maximum atomic E-state index is 11.7. The van der Waals surface area contributed by atoms with Gasteiger partial charge in [0.15, 0.2) is 0 Å². The lowest BCUT2D eigenvalue weighted by Gasteiger charge is -2.60. The molecule has 3 aliphatic carbocycles. The van der Waals surface area contributed by atoms with Crippen LogP contribution >= 0.6 is 0 Å². The number of pyridine rings is 2. The van der Waals surface area contributed by atoms with Gasteiger partial charge in [0.1, 0.15) is 0 Å². The lowest BCUT2D eigenvalue weighted by Crippen LogP contribution is -2.54. The minimum atomic E-state index is -1.01. The van der Waals surface area contributed by atoms with Gasteiger partial charge in [0.25, 0.3) is 0 Å². The first-order chi connectivity index (χ1) is 10.5. The summed E-state index contributed by atoms with van der Waals surface area (Å²) < 4.78 is 0. The van der Waals surface area contributed by atoms with E-state index >= 15 is 0 Å². The maximum Gasteiger partial charge on any atom is 0.0889 e. The van der Waals surface area contributed by atoms with Crippen LogP contribution in [-0.4, -0.2) is 15.9 Å². The van der Waals surface area contributed by atoms with E-state index in [0.717, 1.165) is 23.4 Å². The number of carboxylic acids is 1. The van der Waals surface area contributed by atoms with Crippen LogP contribution in [0.5, 0.6) is 0 Å². The van der Waals surface area contributed by atoms with Crippen LogP contribution in [-0.2, 0) is 4.79 Å². The molecule has 1 fully saturated rings. The van der Waals surface area contributed by atoms with E-state index in [-0.39, 0.29) is 11.3 Å². The molecule has 2 aromatic heterocycles. The highest BCUT2D eigenvalue weighted by Crippen LogP contribution is 2.66. The zero-order valence-electron chi connectivity index (χ0n) is 12.6. The number of hydrogen-bond acceptors (Lipinski definition) is 4. The molecule has 4 nitrogen and oxygen atoms in total. The van der Waals surface area contributed by atoms with E-state index in [2.05, 4.69) is 23.8 Å². The highest BCUT2D eigenvalue weighted by Gasteiger charge is 2.57. The number of aromatic nitrogens is 2. The molecule has 0 radical (unpaired) electrons. The van der Waals surface area contributed by atoms with E-state index in [1.807, 2.05) is 30.3 Å². The second kappa shape index (κ2) is 4.38. The molecule has 2 bridgehead atoms.